The van der Waals surface area contributed by atoms with Crippen LogP contribution < -0.4 is 4.74 Å². The first-order valence-corrected chi connectivity index (χ1v) is 8.93. The van der Waals surface area contributed by atoms with Crippen molar-refractivity contribution in [2.75, 3.05) is 7.05 Å². The van der Waals surface area contributed by atoms with E-state index in [4.69, 9.17) is 11.6 Å². The van der Waals surface area contributed by atoms with Gasteiger partial charge in [-0.15, -0.1) is 13.2 Å². The molecule has 0 aliphatic heterocycles. The maximum atomic E-state index is 13.9. The van der Waals surface area contributed by atoms with Crippen molar-refractivity contribution in [3.05, 3.63) is 68.0 Å². The summed E-state index contributed by atoms with van der Waals surface area (Å²) >= 11 is 5.77. The summed E-state index contributed by atoms with van der Waals surface area (Å²) < 4.78 is 55.2. The average molecular weight is 490 g/mol. The molecule has 0 atom stereocenters. The molecule has 0 unspecified atom stereocenters. The number of alkyl halides is 3. The number of amides is 1. The second kappa shape index (κ2) is 9.61. The van der Waals surface area contributed by atoms with Crippen LogP contribution in [0.5, 0.6) is 11.5 Å². The van der Waals surface area contributed by atoms with Gasteiger partial charge >= 0.3 is 12.0 Å². The molecule has 14 heteroatoms. The van der Waals surface area contributed by atoms with E-state index in [9.17, 15) is 47.9 Å². The van der Waals surface area contributed by atoms with Crippen molar-refractivity contribution in [1.82, 2.24) is 4.90 Å². The Morgan fingerprint density at radius 3 is 2.52 bits per heavy atom. The summed E-state index contributed by atoms with van der Waals surface area (Å²) in [7, 11) is 1.13. The number of aliphatic hydroxyl groups is 1. The number of aliphatic hydroxyl groups excluding tert-OH is 1. The molecular formula is C19H12ClF4N3O6. The van der Waals surface area contributed by atoms with E-state index in [1.165, 1.54) is 18.2 Å². The lowest BCUT2D eigenvalue weighted by Gasteiger charge is -2.18. The number of carbonyl (C=O) groups excluding carboxylic acids is 1. The predicted octanol–water partition coefficient (Wildman–Crippen LogP) is 4.44. The highest BCUT2D eigenvalue weighted by Gasteiger charge is 2.35. The molecule has 2 aromatic rings. The maximum absolute atomic E-state index is 13.9. The average Bonchev–Trinajstić information content (AvgIpc) is 2.71. The van der Waals surface area contributed by atoms with Crippen LogP contribution in [-0.4, -0.2) is 39.4 Å². The standard InChI is InChI=1S/C19H12ClF4N3O6/c1-26(8-10-4-11(20)2-3-13(10)21)18(30)12(7-25)16(28)9-5-14(27(31)32)17(29)15(6-9)33-19(22,23)24/h2-6,28-29H,8H2,1H3/b16-12-. The van der Waals surface area contributed by atoms with Crippen LogP contribution in [0.25, 0.3) is 5.76 Å². The van der Waals surface area contributed by atoms with Crippen molar-refractivity contribution < 1.29 is 42.2 Å². The van der Waals surface area contributed by atoms with Crippen LogP contribution in [0.2, 0.25) is 5.02 Å². The second-order valence-corrected chi connectivity index (χ2v) is 6.82. The predicted molar refractivity (Wildman–Crippen MR) is 104 cm³/mol. The summed E-state index contributed by atoms with van der Waals surface area (Å²) in [6.45, 7) is -0.415. The van der Waals surface area contributed by atoms with Gasteiger partial charge in [-0.1, -0.05) is 11.6 Å². The highest BCUT2D eigenvalue weighted by Crippen LogP contribution is 2.41. The molecule has 0 saturated carbocycles. The lowest BCUT2D eigenvalue weighted by molar-refractivity contribution is -0.386. The van der Waals surface area contributed by atoms with E-state index in [0.717, 1.165) is 18.0 Å². The summed E-state index contributed by atoms with van der Waals surface area (Å²) in [6.07, 6.45) is -5.36. The van der Waals surface area contributed by atoms with Gasteiger partial charge in [0.1, 0.15) is 17.6 Å². The summed E-state index contributed by atoms with van der Waals surface area (Å²) in [6, 6.07) is 5.64. The number of aromatic hydroxyl groups is 1. The molecule has 0 bridgehead atoms. The number of ether oxygens (including phenoxy) is 1. The van der Waals surface area contributed by atoms with Gasteiger partial charge in [-0.2, -0.15) is 5.26 Å². The van der Waals surface area contributed by atoms with Crippen LogP contribution in [-0.2, 0) is 11.3 Å². The van der Waals surface area contributed by atoms with E-state index >= 15 is 0 Å². The number of phenols is 1. The van der Waals surface area contributed by atoms with Gasteiger partial charge in [-0.05, 0) is 24.3 Å². The molecule has 0 aliphatic carbocycles. The van der Waals surface area contributed by atoms with Crippen molar-refractivity contribution in [3.8, 4) is 17.6 Å². The van der Waals surface area contributed by atoms with Crippen LogP contribution >= 0.6 is 11.6 Å². The molecule has 0 heterocycles. The van der Waals surface area contributed by atoms with E-state index in [-0.39, 0.29) is 10.6 Å². The van der Waals surface area contributed by atoms with Crippen molar-refractivity contribution in [3.63, 3.8) is 0 Å². The molecule has 2 rings (SSSR count). The minimum Gasteiger partial charge on any atom is -0.506 e. The van der Waals surface area contributed by atoms with E-state index in [1.54, 1.807) is 0 Å². The Morgan fingerprint density at radius 1 is 1.33 bits per heavy atom. The Balaban J connectivity index is 2.53. The summed E-state index contributed by atoms with van der Waals surface area (Å²) in [5, 5.41) is 40.6. The van der Waals surface area contributed by atoms with Gasteiger partial charge in [0.15, 0.2) is 11.3 Å². The zero-order chi connectivity index (χ0) is 25.1. The van der Waals surface area contributed by atoms with Gasteiger partial charge < -0.3 is 19.8 Å². The number of nitro benzene ring substituents is 1. The molecule has 2 aromatic carbocycles. The molecular weight excluding hydrogens is 478 g/mol. The third kappa shape index (κ3) is 6.01. The molecule has 0 radical (unpaired) electrons. The van der Waals surface area contributed by atoms with Gasteiger partial charge in [0, 0.05) is 35.8 Å². The molecule has 33 heavy (non-hydrogen) atoms. The van der Waals surface area contributed by atoms with Crippen LogP contribution in [0.1, 0.15) is 11.1 Å². The first-order valence-electron chi connectivity index (χ1n) is 8.55. The Labute approximate surface area is 187 Å². The molecule has 0 spiro atoms. The number of likely N-dealkylation sites (N-methyl/N-ethyl adjacent to an activating group) is 1. The molecule has 174 valence electrons. The van der Waals surface area contributed by atoms with Gasteiger partial charge in [-0.25, -0.2) is 4.39 Å². The molecule has 1 amide bonds. The zero-order valence-electron chi connectivity index (χ0n) is 16.4. The number of carbonyl (C=O) groups is 1. The maximum Gasteiger partial charge on any atom is 0.573 e. The fourth-order valence-electron chi connectivity index (χ4n) is 2.60. The minimum atomic E-state index is -5.36. The van der Waals surface area contributed by atoms with E-state index < -0.39 is 63.6 Å². The van der Waals surface area contributed by atoms with Gasteiger partial charge in [0.2, 0.25) is 5.75 Å². The highest BCUT2D eigenvalue weighted by molar-refractivity contribution is 6.30. The number of hydrogen-bond donors (Lipinski definition) is 2. The number of nitro groups is 1. The molecule has 2 N–H and O–H groups in total. The third-order valence-electron chi connectivity index (χ3n) is 4.08. The number of phenolic OH excluding ortho intramolecular Hbond substituents is 1. The fourth-order valence-corrected chi connectivity index (χ4v) is 2.80. The quantitative estimate of drug-likeness (QED) is 0.153. The molecule has 0 fully saturated rings. The Kier molecular flexibility index (Phi) is 7.35. The number of benzene rings is 2. The van der Waals surface area contributed by atoms with Crippen LogP contribution in [0, 0.1) is 27.3 Å². The number of rotatable bonds is 6. The van der Waals surface area contributed by atoms with Gasteiger partial charge in [-0.3, -0.25) is 14.9 Å². The lowest BCUT2D eigenvalue weighted by atomic mass is 10.1. The fraction of sp³-hybridized carbons (Fsp3) is 0.158. The summed E-state index contributed by atoms with van der Waals surface area (Å²) in [5.74, 6) is -6.10. The normalized spacial score (nSPS) is 11.9. The minimum absolute atomic E-state index is 0.0451. The van der Waals surface area contributed by atoms with Crippen LogP contribution in [0.3, 0.4) is 0 Å². The number of halogens is 5. The second-order valence-electron chi connectivity index (χ2n) is 6.38. The number of nitrogens with zero attached hydrogens (tertiary/aromatic N) is 3. The van der Waals surface area contributed by atoms with Crippen LogP contribution in [0.4, 0.5) is 23.2 Å². The van der Waals surface area contributed by atoms with E-state index in [0.29, 0.717) is 12.1 Å². The summed E-state index contributed by atoms with van der Waals surface area (Å²) in [4.78, 5) is 23.2. The Hall–Kier alpha value is -4.05. The van der Waals surface area contributed by atoms with Crippen LogP contribution in [0.15, 0.2) is 35.9 Å². The lowest BCUT2D eigenvalue weighted by Crippen LogP contribution is -2.28. The van der Waals surface area contributed by atoms with Gasteiger partial charge in [0.25, 0.3) is 5.91 Å². The molecule has 9 nitrogen and oxygen atoms in total. The number of nitriles is 1. The first-order chi connectivity index (χ1) is 15.2. The molecule has 0 aromatic heterocycles. The van der Waals surface area contributed by atoms with E-state index in [1.807, 2.05) is 0 Å². The van der Waals surface area contributed by atoms with Crippen molar-refractivity contribution >= 4 is 29.0 Å². The zero-order valence-corrected chi connectivity index (χ0v) is 17.1. The monoisotopic (exact) mass is 489 g/mol. The Morgan fingerprint density at radius 2 is 1.97 bits per heavy atom. The van der Waals surface area contributed by atoms with Gasteiger partial charge in [0.05, 0.1) is 4.92 Å². The van der Waals surface area contributed by atoms with Crippen molar-refractivity contribution in [2.24, 2.45) is 0 Å². The summed E-state index contributed by atoms with van der Waals surface area (Å²) in [5.41, 5.74) is -3.17. The molecule has 0 saturated heterocycles. The number of hydrogen-bond acceptors (Lipinski definition) is 7. The SMILES string of the molecule is CN(Cc1cc(Cl)ccc1F)C(=O)/C(C#N)=C(\O)c1cc(OC(F)(F)F)c(O)c([N+](=O)[O-])c1. The largest absolute Gasteiger partial charge is 0.573 e. The highest BCUT2D eigenvalue weighted by atomic mass is 35.5. The van der Waals surface area contributed by atoms with Crippen molar-refractivity contribution in [2.45, 2.75) is 12.9 Å². The Bertz CT molecular complexity index is 1190. The molecule has 0 aliphatic rings. The van der Waals surface area contributed by atoms with Crippen molar-refractivity contribution in [1.29, 1.82) is 5.26 Å². The third-order valence-corrected chi connectivity index (χ3v) is 4.31. The van der Waals surface area contributed by atoms with E-state index in [2.05, 4.69) is 4.74 Å². The smallest absolute Gasteiger partial charge is 0.506 e. The first kappa shape index (κ1) is 25.2. The topological polar surface area (TPSA) is 137 Å².